The third-order valence-electron chi connectivity index (χ3n) is 4.73. The van der Waals surface area contributed by atoms with E-state index < -0.39 is 0 Å². The Balaban J connectivity index is 0.00000242. The van der Waals surface area contributed by atoms with Crippen molar-refractivity contribution in [2.24, 2.45) is 11.7 Å². The summed E-state index contributed by atoms with van der Waals surface area (Å²) in [6.07, 6.45) is 7.87. The van der Waals surface area contributed by atoms with Crippen molar-refractivity contribution in [2.45, 2.75) is 51.4 Å². The fourth-order valence-corrected chi connectivity index (χ4v) is 3.42. The predicted molar refractivity (Wildman–Crippen MR) is 89.9 cm³/mol. The van der Waals surface area contributed by atoms with Crippen molar-refractivity contribution < 1.29 is 9.59 Å². The van der Waals surface area contributed by atoms with Crippen molar-refractivity contribution in [3.63, 3.8) is 0 Å². The van der Waals surface area contributed by atoms with Crippen LogP contribution in [0.15, 0.2) is 0 Å². The van der Waals surface area contributed by atoms with Gasteiger partial charge in [-0.05, 0) is 38.1 Å². The molecule has 0 atom stereocenters. The Kier molecular flexibility index (Phi) is 8.79. The summed E-state index contributed by atoms with van der Waals surface area (Å²) in [4.78, 5) is 28.3. The van der Waals surface area contributed by atoms with E-state index in [1.54, 1.807) is 0 Å². The number of amides is 2. The summed E-state index contributed by atoms with van der Waals surface area (Å²) in [7, 11) is 0. The number of halogens is 1. The first kappa shape index (κ1) is 19.2. The highest BCUT2D eigenvalue weighted by atomic mass is 35.5. The van der Waals surface area contributed by atoms with Crippen molar-refractivity contribution in [3.8, 4) is 0 Å². The molecule has 128 valence electrons. The highest BCUT2D eigenvalue weighted by molar-refractivity contribution is 5.85. The summed E-state index contributed by atoms with van der Waals surface area (Å²) in [5, 5.41) is 0. The second-order valence-corrected chi connectivity index (χ2v) is 6.36. The van der Waals surface area contributed by atoms with Gasteiger partial charge in [-0.25, -0.2) is 0 Å². The lowest BCUT2D eigenvalue weighted by Gasteiger charge is -2.23. The molecule has 2 amide bonds. The molecule has 0 bridgehead atoms. The van der Waals surface area contributed by atoms with Crippen LogP contribution in [0.3, 0.4) is 0 Å². The Morgan fingerprint density at radius 3 is 2.09 bits per heavy atom. The smallest absolute Gasteiger partial charge is 0.222 e. The van der Waals surface area contributed by atoms with Gasteiger partial charge in [0.2, 0.25) is 11.8 Å². The molecule has 1 saturated carbocycles. The topological polar surface area (TPSA) is 66.6 Å². The molecule has 2 fully saturated rings. The van der Waals surface area contributed by atoms with Crippen LogP contribution in [0.1, 0.15) is 51.4 Å². The lowest BCUT2D eigenvalue weighted by atomic mass is 10.0. The van der Waals surface area contributed by atoms with Crippen LogP contribution in [0.5, 0.6) is 0 Å². The van der Waals surface area contributed by atoms with E-state index in [-0.39, 0.29) is 24.2 Å². The molecule has 0 aromatic heterocycles. The van der Waals surface area contributed by atoms with Crippen LogP contribution < -0.4 is 5.73 Å². The van der Waals surface area contributed by atoms with Crippen molar-refractivity contribution in [1.82, 2.24) is 9.80 Å². The Morgan fingerprint density at radius 1 is 0.909 bits per heavy atom. The molecule has 1 aliphatic carbocycles. The van der Waals surface area contributed by atoms with Gasteiger partial charge in [-0.2, -0.15) is 0 Å². The number of rotatable bonds is 5. The van der Waals surface area contributed by atoms with E-state index in [9.17, 15) is 9.59 Å². The van der Waals surface area contributed by atoms with Gasteiger partial charge in [0.25, 0.3) is 0 Å². The van der Waals surface area contributed by atoms with Gasteiger partial charge < -0.3 is 15.5 Å². The third kappa shape index (κ3) is 5.76. The Bertz CT molecular complexity index is 359. The molecule has 0 aromatic carbocycles. The van der Waals surface area contributed by atoms with Crippen LogP contribution in [0, 0.1) is 5.92 Å². The first-order chi connectivity index (χ1) is 10.2. The SMILES string of the molecule is Cl.NCCCC(=O)N1CCCN(C(=O)CC2CCCC2)CC1. The van der Waals surface area contributed by atoms with Gasteiger partial charge >= 0.3 is 0 Å². The number of hydrogen-bond donors (Lipinski definition) is 1. The normalized spacial score (nSPS) is 19.7. The number of carbonyl (C=O) groups excluding carboxylic acids is 2. The van der Waals surface area contributed by atoms with E-state index in [1.165, 1.54) is 25.7 Å². The molecule has 22 heavy (non-hydrogen) atoms. The molecule has 1 aliphatic heterocycles. The number of hydrogen-bond acceptors (Lipinski definition) is 3. The van der Waals surface area contributed by atoms with E-state index in [1.807, 2.05) is 9.80 Å². The molecule has 2 N–H and O–H groups in total. The fraction of sp³-hybridized carbons (Fsp3) is 0.875. The quantitative estimate of drug-likeness (QED) is 0.835. The molecule has 2 rings (SSSR count). The Hall–Kier alpha value is -0.810. The van der Waals surface area contributed by atoms with E-state index in [0.717, 1.165) is 25.9 Å². The van der Waals surface area contributed by atoms with Crippen molar-refractivity contribution in [1.29, 1.82) is 0 Å². The average molecular weight is 332 g/mol. The Labute approximate surface area is 140 Å². The molecule has 5 nitrogen and oxygen atoms in total. The van der Waals surface area contributed by atoms with Gasteiger partial charge in [0.05, 0.1) is 0 Å². The number of carbonyl (C=O) groups is 2. The minimum Gasteiger partial charge on any atom is -0.341 e. The standard InChI is InChI=1S/C16H29N3O2.ClH/c17-8-3-7-15(20)18-9-4-10-19(12-11-18)16(21)13-14-5-1-2-6-14;/h14H,1-13,17H2;1H. The van der Waals surface area contributed by atoms with E-state index in [4.69, 9.17) is 5.73 Å². The van der Waals surface area contributed by atoms with Gasteiger partial charge in [0.1, 0.15) is 0 Å². The van der Waals surface area contributed by atoms with E-state index >= 15 is 0 Å². The van der Waals surface area contributed by atoms with Crippen LogP contribution in [0.25, 0.3) is 0 Å². The summed E-state index contributed by atoms with van der Waals surface area (Å²) in [6.45, 7) is 3.51. The zero-order chi connectivity index (χ0) is 15.1. The summed E-state index contributed by atoms with van der Waals surface area (Å²) in [5.74, 6) is 1.08. The molecule has 0 radical (unpaired) electrons. The maximum atomic E-state index is 12.4. The van der Waals surface area contributed by atoms with Gasteiger partial charge in [-0.15, -0.1) is 12.4 Å². The van der Waals surface area contributed by atoms with Gasteiger partial charge in [-0.3, -0.25) is 9.59 Å². The molecule has 0 aromatic rings. The van der Waals surface area contributed by atoms with E-state index in [0.29, 0.717) is 38.4 Å². The van der Waals surface area contributed by atoms with E-state index in [2.05, 4.69) is 0 Å². The summed E-state index contributed by atoms with van der Waals surface area (Å²) < 4.78 is 0. The number of nitrogens with zero attached hydrogens (tertiary/aromatic N) is 2. The second-order valence-electron chi connectivity index (χ2n) is 6.36. The highest BCUT2D eigenvalue weighted by Crippen LogP contribution is 2.28. The first-order valence-corrected chi connectivity index (χ1v) is 8.46. The van der Waals surface area contributed by atoms with Gasteiger partial charge in [-0.1, -0.05) is 12.8 Å². The molecule has 6 heteroatoms. The summed E-state index contributed by atoms with van der Waals surface area (Å²) >= 11 is 0. The van der Waals surface area contributed by atoms with Gasteiger partial charge in [0, 0.05) is 39.0 Å². The molecule has 2 aliphatic rings. The van der Waals surface area contributed by atoms with Crippen LogP contribution >= 0.6 is 12.4 Å². The molecule has 0 spiro atoms. The molecule has 1 saturated heterocycles. The van der Waals surface area contributed by atoms with Crippen molar-refractivity contribution in [2.75, 3.05) is 32.7 Å². The van der Waals surface area contributed by atoms with Gasteiger partial charge in [0.15, 0.2) is 0 Å². The molecular weight excluding hydrogens is 302 g/mol. The summed E-state index contributed by atoms with van der Waals surface area (Å²) in [5.41, 5.74) is 5.45. The molecule has 0 unspecified atom stereocenters. The van der Waals surface area contributed by atoms with Crippen molar-refractivity contribution in [3.05, 3.63) is 0 Å². The highest BCUT2D eigenvalue weighted by Gasteiger charge is 2.25. The average Bonchev–Trinajstić information content (AvgIpc) is 2.86. The Morgan fingerprint density at radius 2 is 1.50 bits per heavy atom. The minimum atomic E-state index is 0. The van der Waals surface area contributed by atoms with Crippen LogP contribution in [-0.2, 0) is 9.59 Å². The fourth-order valence-electron chi connectivity index (χ4n) is 3.42. The van der Waals surface area contributed by atoms with Crippen LogP contribution in [-0.4, -0.2) is 54.3 Å². The molecular formula is C16H30ClN3O2. The lowest BCUT2D eigenvalue weighted by Crippen LogP contribution is -2.37. The van der Waals surface area contributed by atoms with Crippen LogP contribution in [0.2, 0.25) is 0 Å². The van der Waals surface area contributed by atoms with Crippen LogP contribution in [0.4, 0.5) is 0 Å². The summed E-state index contributed by atoms with van der Waals surface area (Å²) in [6, 6.07) is 0. The second kappa shape index (κ2) is 10.1. The first-order valence-electron chi connectivity index (χ1n) is 8.46. The zero-order valence-electron chi connectivity index (χ0n) is 13.5. The van der Waals surface area contributed by atoms with Crippen molar-refractivity contribution >= 4 is 24.2 Å². The maximum Gasteiger partial charge on any atom is 0.222 e. The predicted octanol–water partition coefficient (Wildman–Crippen LogP) is 1.79. The maximum absolute atomic E-state index is 12.4. The largest absolute Gasteiger partial charge is 0.341 e. The third-order valence-corrected chi connectivity index (χ3v) is 4.73. The minimum absolute atomic E-state index is 0. The zero-order valence-corrected chi connectivity index (χ0v) is 14.3. The number of nitrogens with two attached hydrogens (primary N) is 1. The molecule has 1 heterocycles. The monoisotopic (exact) mass is 331 g/mol. The lowest BCUT2D eigenvalue weighted by molar-refractivity contribution is -0.134.